The van der Waals surface area contributed by atoms with Gasteiger partial charge in [-0.2, -0.15) is 0 Å². The number of rotatable bonds is 6. The molecule has 1 aliphatic rings. The van der Waals surface area contributed by atoms with Crippen LogP contribution < -0.4 is 5.32 Å². The molecular weight excluding hydrogens is 206 g/mol. The van der Waals surface area contributed by atoms with Gasteiger partial charge in [0.2, 0.25) is 0 Å². The molecule has 4 heteroatoms. The molecule has 2 unspecified atom stereocenters. The Morgan fingerprint density at radius 1 is 1.56 bits per heavy atom. The lowest BCUT2D eigenvalue weighted by Crippen LogP contribution is -2.46. The van der Waals surface area contributed by atoms with Crippen LogP contribution in [-0.4, -0.2) is 49.2 Å². The molecule has 1 heterocycles. The topological polar surface area (TPSA) is 50.7 Å². The highest BCUT2D eigenvalue weighted by molar-refractivity contribution is 4.83. The molecule has 0 saturated carbocycles. The maximum Gasteiger partial charge on any atom is 0.0897 e. The third-order valence-corrected chi connectivity index (χ3v) is 2.85. The predicted octanol–water partition coefficient (Wildman–Crippen LogP) is 0.931. The van der Waals surface area contributed by atoms with Gasteiger partial charge < -0.3 is 19.9 Å². The third kappa shape index (κ3) is 5.25. The molecule has 1 fully saturated rings. The van der Waals surface area contributed by atoms with E-state index in [4.69, 9.17) is 9.47 Å². The summed E-state index contributed by atoms with van der Waals surface area (Å²) in [4.78, 5) is 0. The van der Waals surface area contributed by atoms with Crippen molar-refractivity contribution in [2.24, 2.45) is 0 Å². The molecule has 1 saturated heterocycles. The van der Waals surface area contributed by atoms with E-state index in [9.17, 15) is 5.11 Å². The highest BCUT2D eigenvalue weighted by atomic mass is 16.5. The molecule has 0 amide bonds. The Balaban J connectivity index is 2.17. The number of nitrogens with one attached hydrogen (secondary N) is 1. The van der Waals surface area contributed by atoms with Crippen LogP contribution in [0.5, 0.6) is 0 Å². The first-order chi connectivity index (χ1) is 7.53. The molecule has 2 atom stereocenters. The standard InChI is InChI=1S/C12H25NO3/c1-4-15-9-11(14)8-13-10-5-6-16-12(2,3)7-10/h10-11,13-14H,4-9H2,1-3H3. The van der Waals surface area contributed by atoms with Crippen LogP contribution in [0.15, 0.2) is 0 Å². The van der Waals surface area contributed by atoms with Gasteiger partial charge in [-0.15, -0.1) is 0 Å². The van der Waals surface area contributed by atoms with Crippen molar-refractivity contribution in [3.8, 4) is 0 Å². The summed E-state index contributed by atoms with van der Waals surface area (Å²) in [5, 5.41) is 13.0. The summed E-state index contributed by atoms with van der Waals surface area (Å²) >= 11 is 0. The van der Waals surface area contributed by atoms with E-state index in [0.29, 0.717) is 25.8 Å². The van der Waals surface area contributed by atoms with Crippen molar-refractivity contribution in [3.05, 3.63) is 0 Å². The maximum absolute atomic E-state index is 9.62. The zero-order valence-corrected chi connectivity index (χ0v) is 10.7. The van der Waals surface area contributed by atoms with Crippen LogP contribution in [0, 0.1) is 0 Å². The molecule has 1 aliphatic heterocycles. The zero-order valence-electron chi connectivity index (χ0n) is 10.7. The molecule has 4 nitrogen and oxygen atoms in total. The number of aliphatic hydroxyl groups is 1. The fraction of sp³-hybridized carbons (Fsp3) is 1.00. The number of ether oxygens (including phenoxy) is 2. The van der Waals surface area contributed by atoms with Crippen molar-refractivity contribution < 1.29 is 14.6 Å². The second-order valence-corrected chi connectivity index (χ2v) is 5.02. The Morgan fingerprint density at radius 3 is 2.94 bits per heavy atom. The molecule has 0 aromatic heterocycles. The molecule has 0 spiro atoms. The first-order valence-corrected chi connectivity index (χ1v) is 6.16. The van der Waals surface area contributed by atoms with E-state index in [1.165, 1.54) is 0 Å². The molecule has 0 radical (unpaired) electrons. The molecule has 0 aliphatic carbocycles. The van der Waals surface area contributed by atoms with Gasteiger partial charge in [0.25, 0.3) is 0 Å². The van der Waals surface area contributed by atoms with Crippen LogP contribution in [0.25, 0.3) is 0 Å². The summed E-state index contributed by atoms with van der Waals surface area (Å²) in [5.74, 6) is 0. The second kappa shape index (κ2) is 6.55. The van der Waals surface area contributed by atoms with Crippen LogP contribution >= 0.6 is 0 Å². The van der Waals surface area contributed by atoms with E-state index in [2.05, 4.69) is 19.2 Å². The van der Waals surface area contributed by atoms with E-state index >= 15 is 0 Å². The minimum absolute atomic E-state index is 0.0409. The largest absolute Gasteiger partial charge is 0.389 e. The van der Waals surface area contributed by atoms with Crippen molar-refractivity contribution in [1.29, 1.82) is 0 Å². The quantitative estimate of drug-likeness (QED) is 0.714. The fourth-order valence-corrected chi connectivity index (χ4v) is 2.02. The number of aliphatic hydroxyl groups excluding tert-OH is 1. The zero-order chi connectivity index (χ0) is 12.0. The summed E-state index contributed by atoms with van der Waals surface area (Å²) in [6, 6.07) is 0.444. The van der Waals surface area contributed by atoms with Gasteiger partial charge in [0.05, 0.1) is 18.3 Å². The van der Waals surface area contributed by atoms with E-state index < -0.39 is 6.10 Å². The van der Waals surface area contributed by atoms with Crippen LogP contribution in [0.3, 0.4) is 0 Å². The van der Waals surface area contributed by atoms with Gasteiger partial charge in [-0.05, 0) is 33.6 Å². The van der Waals surface area contributed by atoms with Gasteiger partial charge in [0, 0.05) is 25.8 Å². The lowest BCUT2D eigenvalue weighted by atomic mass is 9.94. The number of hydrogen-bond donors (Lipinski definition) is 2. The second-order valence-electron chi connectivity index (χ2n) is 5.02. The van der Waals surface area contributed by atoms with E-state index in [0.717, 1.165) is 19.4 Å². The van der Waals surface area contributed by atoms with Crippen molar-refractivity contribution >= 4 is 0 Å². The first kappa shape index (κ1) is 13.9. The third-order valence-electron chi connectivity index (χ3n) is 2.85. The monoisotopic (exact) mass is 231 g/mol. The maximum atomic E-state index is 9.62. The number of hydrogen-bond acceptors (Lipinski definition) is 4. The lowest BCUT2D eigenvalue weighted by molar-refractivity contribution is -0.0646. The summed E-state index contributed by atoms with van der Waals surface area (Å²) in [5.41, 5.74) is -0.0409. The highest BCUT2D eigenvalue weighted by Crippen LogP contribution is 2.23. The molecule has 0 aromatic carbocycles. The van der Waals surface area contributed by atoms with Gasteiger partial charge in [-0.1, -0.05) is 0 Å². The van der Waals surface area contributed by atoms with E-state index in [1.54, 1.807) is 0 Å². The Hall–Kier alpha value is -0.160. The summed E-state index contributed by atoms with van der Waals surface area (Å²) < 4.78 is 10.8. The minimum atomic E-state index is -0.411. The molecule has 0 bridgehead atoms. The average Bonchev–Trinajstić information content (AvgIpc) is 2.22. The van der Waals surface area contributed by atoms with Crippen molar-refractivity contribution in [2.45, 2.75) is 51.4 Å². The van der Waals surface area contributed by atoms with Crippen molar-refractivity contribution in [3.63, 3.8) is 0 Å². The van der Waals surface area contributed by atoms with Gasteiger partial charge in [0.1, 0.15) is 0 Å². The SMILES string of the molecule is CCOCC(O)CNC1CCOC(C)(C)C1. The van der Waals surface area contributed by atoms with Crippen molar-refractivity contribution in [2.75, 3.05) is 26.4 Å². The van der Waals surface area contributed by atoms with E-state index in [1.807, 2.05) is 6.92 Å². The van der Waals surface area contributed by atoms with Gasteiger partial charge in [-0.25, -0.2) is 0 Å². The fourth-order valence-electron chi connectivity index (χ4n) is 2.02. The van der Waals surface area contributed by atoms with Gasteiger partial charge in [-0.3, -0.25) is 0 Å². The average molecular weight is 231 g/mol. The first-order valence-electron chi connectivity index (χ1n) is 6.16. The molecule has 96 valence electrons. The van der Waals surface area contributed by atoms with Crippen LogP contribution in [0.2, 0.25) is 0 Å². The molecule has 1 rings (SSSR count). The predicted molar refractivity (Wildman–Crippen MR) is 63.6 cm³/mol. The van der Waals surface area contributed by atoms with E-state index in [-0.39, 0.29) is 5.60 Å². The summed E-state index contributed by atoms with van der Waals surface area (Å²) in [6.45, 7) is 8.61. The van der Waals surface area contributed by atoms with Crippen molar-refractivity contribution in [1.82, 2.24) is 5.32 Å². The Kier molecular flexibility index (Phi) is 5.69. The molecule has 16 heavy (non-hydrogen) atoms. The molecule has 2 N–H and O–H groups in total. The van der Waals surface area contributed by atoms with Crippen LogP contribution in [0.4, 0.5) is 0 Å². The van der Waals surface area contributed by atoms with Gasteiger partial charge in [0.15, 0.2) is 0 Å². The smallest absolute Gasteiger partial charge is 0.0897 e. The lowest BCUT2D eigenvalue weighted by Gasteiger charge is -2.36. The van der Waals surface area contributed by atoms with Gasteiger partial charge >= 0.3 is 0 Å². The minimum Gasteiger partial charge on any atom is -0.389 e. The Labute approximate surface area is 98.3 Å². The summed E-state index contributed by atoms with van der Waals surface area (Å²) in [7, 11) is 0. The molecular formula is C12H25NO3. The highest BCUT2D eigenvalue weighted by Gasteiger charge is 2.28. The molecule has 0 aromatic rings. The van der Waals surface area contributed by atoms with Crippen LogP contribution in [0.1, 0.15) is 33.6 Å². The Bertz CT molecular complexity index is 197. The summed E-state index contributed by atoms with van der Waals surface area (Å²) in [6.07, 6.45) is 1.60. The normalized spacial score (nSPS) is 26.6. The Morgan fingerprint density at radius 2 is 2.31 bits per heavy atom. The van der Waals surface area contributed by atoms with Crippen LogP contribution in [-0.2, 0) is 9.47 Å².